The van der Waals surface area contributed by atoms with Crippen LogP contribution < -0.4 is 10.6 Å². The number of carbonyl (C=O) groups is 3. The van der Waals surface area contributed by atoms with E-state index in [1.807, 2.05) is 0 Å². The quantitative estimate of drug-likeness (QED) is 0.596. The van der Waals surface area contributed by atoms with Gasteiger partial charge in [0.25, 0.3) is 5.91 Å². The molecule has 0 radical (unpaired) electrons. The van der Waals surface area contributed by atoms with Gasteiger partial charge in [-0.25, -0.2) is 9.98 Å². The molecule has 0 spiro atoms. The van der Waals surface area contributed by atoms with Gasteiger partial charge in [0.15, 0.2) is 5.13 Å². The monoisotopic (exact) mass is 318 g/mol. The Labute approximate surface area is 130 Å². The summed E-state index contributed by atoms with van der Waals surface area (Å²) < 4.78 is 0. The van der Waals surface area contributed by atoms with Gasteiger partial charge in [-0.2, -0.15) is 0 Å². The van der Waals surface area contributed by atoms with Crippen molar-refractivity contribution in [3.8, 4) is 0 Å². The SMILES string of the molecule is C=CCNC(=O)Cc1csc(NC(=O)C2C=CC=NC2=O)n1. The van der Waals surface area contributed by atoms with Gasteiger partial charge in [-0.3, -0.25) is 14.4 Å². The minimum Gasteiger partial charge on any atom is -0.352 e. The number of nitrogens with zero attached hydrogens (tertiary/aromatic N) is 2. The first-order valence-corrected chi connectivity index (χ1v) is 7.35. The molecule has 0 aromatic carbocycles. The Hall–Kier alpha value is -2.61. The standard InChI is InChI=1S/C14H14N4O3S/c1-2-5-15-11(19)7-9-8-22-14(17-9)18-13(21)10-4-3-6-16-12(10)20/h2-4,6,8,10H,1,5,7H2,(H,15,19)(H,17,18,21). The van der Waals surface area contributed by atoms with Crippen LogP contribution in [-0.4, -0.2) is 35.5 Å². The van der Waals surface area contributed by atoms with E-state index in [-0.39, 0.29) is 12.3 Å². The molecule has 22 heavy (non-hydrogen) atoms. The number of nitrogens with one attached hydrogen (secondary N) is 2. The van der Waals surface area contributed by atoms with Crippen molar-refractivity contribution in [1.82, 2.24) is 10.3 Å². The lowest BCUT2D eigenvalue weighted by Crippen LogP contribution is -2.28. The highest BCUT2D eigenvalue weighted by Crippen LogP contribution is 2.18. The third-order valence-electron chi connectivity index (χ3n) is 2.71. The fourth-order valence-corrected chi connectivity index (χ4v) is 2.39. The molecule has 2 heterocycles. The Morgan fingerprint density at radius 1 is 1.45 bits per heavy atom. The first kappa shape index (κ1) is 15.8. The second-order valence-electron chi connectivity index (χ2n) is 4.38. The number of rotatable bonds is 6. The van der Waals surface area contributed by atoms with Gasteiger partial charge in [-0.15, -0.1) is 17.9 Å². The van der Waals surface area contributed by atoms with E-state index in [9.17, 15) is 14.4 Å². The zero-order valence-corrected chi connectivity index (χ0v) is 12.4. The van der Waals surface area contributed by atoms with Crippen LogP contribution >= 0.6 is 11.3 Å². The molecule has 1 aromatic heterocycles. The maximum absolute atomic E-state index is 12.0. The van der Waals surface area contributed by atoms with Crippen molar-refractivity contribution in [3.05, 3.63) is 35.9 Å². The first-order valence-electron chi connectivity index (χ1n) is 6.47. The summed E-state index contributed by atoms with van der Waals surface area (Å²) in [5.74, 6) is -2.12. The van der Waals surface area contributed by atoms with Crippen molar-refractivity contribution in [2.75, 3.05) is 11.9 Å². The van der Waals surface area contributed by atoms with Gasteiger partial charge in [-0.1, -0.05) is 12.2 Å². The van der Waals surface area contributed by atoms with E-state index >= 15 is 0 Å². The van der Waals surface area contributed by atoms with E-state index in [4.69, 9.17) is 0 Å². The summed E-state index contributed by atoms with van der Waals surface area (Å²) in [4.78, 5) is 42.7. The Morgan fingerprint density at radius 2 is 2.27 bits per heavy atom. The van der Waals surface area contributed by atoms with Gasteiger partial charge in [0.2, 0.25) is 11.8 Å². The molecular formula is C14H14N4O3S. The van der Waals surface area contributed by atoms with Crippen molar-refractivity contribution in [1.29, 1.82) is 0 Å². The summed E-state index contributed by atoms with van der Waals surface area (Å²) in [6, 6.07) is 0. The number of anilines is 1. The molecule has 1 aliphatic rings. The fourth-order valence-electron chi connectivity index (χ4n) is 1.68. The number of carbonyl (C=O) groups excluding carboxylic acids is 3. The number of hydrogen-bond donors (Lipinski definition) is 2. The number of dihydropyridines is 1. The lowest BCUT2D eigenvalue weighted by atomic mass is 10.1. The summed E-state index contributed by atoms with van der Waals surface area (Å²) in [7, 11) is 0. The number of amides is 3. The van der Waals surface area contributed by atoms with E-state index in [0.29, 0.717) is 17.4 Å². The van der Waals surface area contributed by atoms with Crippen molar-refractivity contribution < 1.29 is 14.4 Å². The average molecular weight is 318 g/mol. The Balaban J connectivity index is 1.91. The first-order chi connectivity index (χ1) is 10.6. The van der Waals surface area contributed by atoms with Gasteiger partial charge in [0, 0.05) is 18.1 Å². The lowest BCUT2D eigenvalue weighted by Gasteiger charge is -2.09. The van der Waals surface area contributed by atoms with E-state index in [2.05, 4.69) is 27.2 Å². The molecule has 1 aliphatic heterocycles. The highest BCUT2D eigenvalue weighted by atomic mass is 32.1. The Bertz CT molecular complexity index is 663. The van der Waals surface area contributed by atoms with Crippen LogP contribution in [0.25, 0.3) is 0 Å². The molecule has 2 rings (SSSR count). The van der Waals surface area contributed by atoms with Gasteiger partial charge in [0.1, 0.15) is 5.92 Å². The normalized spacial score (nSPS) is 16.4. The zero-order valence-electron chi connectivity index (χ0n) is 11.6. The van der Waals surface area contributed by atoms with Crippen LogP contribution in [0.15, 0.2) is 35.2 Å². The molecule has 1 atom stereocenters. The van der Waals surface area contributed by atoms with E-state index in [1.165, 1.54) is 23.6 Å². The molecule has 1 unspecified atom stereocenters. The van der Waals surface area contributed by atoms with Crippen LogP contribution in [0.3, 0.4) is 0 Å². The number of thiazole rings is 1. The predicted octanol–water partition coefficient (Wildman–Crippen LogP) is 0.710. The highest BCUT2D eigenvalue weighted by Gasteiger charge is 2.25. The number of aliphatic imine (C=N–C) groups is 1. The molecule has 0 saturated carbocycles. The van der Waals surface area contributed by atoms with Crippen LogP contribution in [-0.2, 0) is 20.8 Å². The van der Waals surface area contributed by atoms with Crippen molar-refractivity contribution >= 4 is 40.4 Å². The van der Waals surface area contributed by atoms with Crippen LogP contribution in [0, 0.1) is 5.92 Å². The van der Waals surface area contributed by atoms with Gasteiger partial charge >= 0.3 is 0 Å². The molecule has 2 N–H and O–H groups in total. The number of hydrogen-bond acceptors (Lipinski definition) is 5. The Kier molecular flexibility index (Phi) is 5.31. The molecule has 3 amide bonds. The summed E-state index contributed by atoms with van der Waals surface area (Å²) in [6.07, 6.45) is 6.06. The molecule has 0 bridgehead atoms. The third-order valence-corrected chi connectivity index (χ3v) is 3.51. The zero-order chi connectivity index (χ0) is 15.9. The molecule has 114 valence electrons. The average Bonchev–Trinajstić information content (AvgIpc) is 2.92. The van der Waals surface area contributed by atoms with E-state index < -0.39 is 17.7 Å². The maximum atomic E-state index is 12.0. The summed E-state index contributed by atoms with van der Waals surface area (Å²) in [6.45, 7) is 3.90. The third kappa shape index (κ3) is 4.19. The van der Waals surface area contributed by atoms with E-state index in [0.717, 1.165) is 0 Å². The van der Waals surface area contributed by atoms with Crippen molar-refractivity contribution in [2.24, 2.45) is 10.9 Å². The lowest BCUT2D eigenvalue weighted by molar-refractivity contribution is -0.128. The van der Waals surface area contributed by atoms with Gasteiger partial charge < -0.3 is 10.6 Å². The van der Waals surface area contributed by atoms with Gasteiger partial charge in [-0.05, 0) is 6.08 Å². The molecule has 0 saturated heterocycles. The van der Waals surface area contributed by atoms with Crippen LogP contribution in [0.2, 0.25) is 0 Å². The molecule has 0 fully saturated rings. The van der Waals surface area contributed by atoms with Gasteiger partial charge in [0.05, 0.1) is 12.1 Å². The molecule has 1 aromatic rings. The minimum atomic E-state index is -0.937. The van der Waals surface area contributed by atoms with E-state index in [1.54, 1.807) is 17.5 Å². The largest absolute Gasteiger partial charge is 0.352 e. The predicted molar refractivity (Wildman–Crippen MR) is 83.8 cm³/mol. The van der Waals surface area contributed by atoms with Crippen LogP contribution in [0.1, 0.15) is 5.69 Å². The molecular weight excluding hydrogens is 304 g/mol. The number of allylic oxidation sites excluding steroid dienone is 1. The molecule has 0 aliphatic carbocycles. The summed E-state index contributed by atoms with van der Waals surface area (Å²) in [5, 5.41) is 7.21. The Morgan fingerprint density at radius 3 is 3.00 bits per heavy atom. The summed E-state index contributed by atoms with van der Waals surface area (Å²) >= 11 is 1.19. The maximum Gasteiger partial charge on any atom is 0.262 e. The molecule has 7 nitrogen and oxygen atoms in total. The second kappa shape index (κ2) is 7.41. The summed E-state index contributed by atoms with van der Waals surface area (Å²) in [5.41, 5.74) is 0.547. The number of aromatic nitrogens is 1. The minimum absolute atomic E-state index is 0.118. The molecule has 8 heteroatoms. The smallest absolute Gasteiger partial charge is 0.262 e. The van der Waals surface area contributed by atoms with Crippen LogP contribution in [0.5, 0.6) is 0 Å². The topological polar surface area (TPSA) is 101 Å². The second-order valence-corrected chi connectivity index (χ2v) is 5.24. The fraction of sp³-hybridized carbons (Fsp3) is 0.214. The highest BCUT2D eigenvalue weighted by molar-refractivity contribution is 7.13. The van der Waals surface area contributed by atoms with Crippen molar-refractivity contribution in [3.63, 3.8) is 0 Å². The van der Waals surface area contributed by atoms with Crippen LogP contribution in [0.4, 0.5) is 5.13 Å². The van der Waals surface area contributed by atoms with Crippen molar-refractivity contribution in [2.45, 2.75) is 6.42 Å².